The summed E-state index contributed by atoms with van der Waals surface area (Å²) in [6.07, 6.45) is 1.52. The fourth-order valence-corrected chi connectivity index (χ4v) is 2.79. The van der Waals surface area contributed by atoms with Crippen molar-refractivity contribution >= 4 is 28.2 Å². The van der Waals surface area contributed by atoms with Crippen LogP contribution in [0.4, 0.5) is 5.69 Å². The highest BCUT2D eigenvalue weighted by Gasteiger charge is 2.08. The van der Waals surface area contributed by atoms with Crippen molar-refractivity contribution in [1.29, 1.82) is 0 Å². The van der Waals surface area contributed by atoms with E-state index in [1.165, 1.54) is 10.9 Å². The van der Waals surface area contributed by atoms with E-state index in [-0.39, 0.29) is 5.56 Å². The average Bonchev–Trinajstić information content (AvgIpc) is 3.13. The van der Waals surface area contributed by atoms with Gasteiger partial charge in [0, 0.05) is 29.4 Å². The van der Waals surface area contributed by atoms with Crippen LogP contribution in [0.3, 0.4) is 0 Å². The molecule has 0 spiro atoms. The molecule has 1 N–H and O–H groups in total. The first kappa shape index (κ1) is 16.4. The van der Waals surface area contributed by atoms with Gasteiger partial charge in [0.05, 0.1) is 23.8 Å². The van der Waals surface area contributed by atoms with E-state index >= 15 is 0 Å². The monoisotopic (exact) mass is 366 g/mol. The van der Waals surface area contributed by atoms with Crippen molar-refractivity contribution in [3.8, 4) is 11.3 Å². The molecule has 2 heterocycles. The molecule has 0 unspecified atom stereocenters. The summed E-state index contributed by atoms with van der Waals surface area (Å²) < 4.78 is 6.84. The molecule has 2 aromatic heterocycles. The lowest BCUT2D eigenvalue weighted by Gasteiger charge is -2.06. The third-order valence-corrected chi connectivity index (χ3v) is 4.33. The molecule has 0 aliphatic heterocycles. The first-order chi connectivity index (χ1) is 12.6. The maximum absolute atomic E-state index is 12.2. The van der Waals surface area contributed by atoms with Gasteiger partial charge in [-0.15, -0.1) is 0 Å². The highest BCUT2D eigenvalue weighted by molar-refractivity contribution is 6.30. The van der Waals surface area contributed by atoms with E-state index in [4.69, 9.17) is 16.1 Å². The third-order valence-electron chi connectivity index (χ3n) is 4.08. The lowest BCUT2D eigenvalue weighted by atomic mass is 10.1. The zero-order valence-electron chi connectivity index (χ0n) is 13.9. The average molecular weight is 367 g/mol. The van der Waals surface area contributed by atoms with E-state index in [0.717, 1.165) is 16.9 Å². The molecule has 0 radical (unpaired) electrons. The van der Waals surface area contributed by atoms with Crippen LogP contribution in [-0.2, 0) is 13.6 Å². The van der Waals surface area contributed by atoms with E-state index in [1.54, 1.807) is 13.1 Å². The molecular formula is C19H15ClN4O2. The summed E-state index contributed by atoms with van der Waals surface area (Å²) in [6.45, 7) is 0.451. The molecule has 6 nitrogen and oxygen atoms in total. The fraction of sp³-hybridized carbons (Fsp3) is 0.105. The van der Waals surface area contributed by atoms with Crippen LogP contribution in [0, 0.1) is 0 Å². The van der Waals surface area contributed by atoms with Gasteiger partial charge in [-0.25, -0.2) is 4.98 Å². The summed E-state index contributed by atoms with van der Waals surface area (Å²) in [5.74, 6) is 0.689. The number of hydrogen-bond acceptors (Lipinski definition) is 5. The Morgan fingerprint density at radius 1 is 1.15 bits per heavy atom. The molecule has 0 amide bonds. The Morgan fingerprint density at radius 3 is 2.77 bits per heavy atom. The summed E-state index contributed by atoms with van der Waals surface area (Å²) in [6, 6.07) is 14.8. The normalized spacial score (nSPS) is 11.0. The molecule has 7 heteroatoms. The van der Waals surface area contributed by atoms with E-state index in [2.05, 4.69) is 15.5 Å². The predicted molar refractivity (Wildman–Crippen MR) is 101 cm³/mol. The van der Waals surface area contributed by atoms with Crippen LogP contribution in [0.1, 0.15) is 5.76 Å². The molecular weight excluding hydrogens is 352 g/mol. The van der Waals surface area contributed by atoms with Crippen LogP contribution in [0.25, 0.3) is 22.2 Å². The molecule has 26 heavy (non-hydrogen) atoms. The highest BCUT2D eigenvalue weighted by atomic mass is 35.5. The number of aromatic nitrogens is 3. The van der Waals surface area contributed by atoms with Gasteiger partial charge in [-0.05, 0) is 30.3 Å². The summed E-state index contributed by atoms with van der Waals surface area (Å²) in [5.41, 5.74) is 3.08. The van der Waals surface area contributed by atoms with Crippen molar-refractivity contribution in [1.82, 2.24) is 14.7 Å². The first-order valence-electron chi connectivity index (χ1n) is 8.01. The number of benzene rings is 2. The molecule has 0 atom stereocenters. The van der Waals surface area contributed by atoms with Crippen molar-refractivity contribution in [3.63, 3.8) is 0 Å². The second-order valence-electron chi connectivity index (χ2n) is 5.93. The van der Waals surface area contributed by atoms with Crippen molar-refractivity contribution in [3.05, 3.63) is 76.0 Å². The van der Waals surface area contributed by atoms with Gasteiger partial charge in [0.1, 0.15) is 5.69 Å². The van der Waals surface area contributed by atoms with Gasteiger partial charge in [0.2, 0.25) is 0 Å². The summed E-state index contributed by atoms with van der Waals surface area (Å²) in [5, 5.41) is 8.57. The second kappa shape index (κ2) is 6.65. The Balaban J connectivity index is 1.52. The van der Waals surface area contributed by atoms with Crippen LogP contribution in [0.15, 0.2) is 64.2 Å². The number of halogens is 1. The van der Waals surface area contributed by atoms with E-state index < -0.39 is 0 Å². The van der Waals surface area contributed by atoms with Gasteiger partial charge in [0.25, 0.3) is 5.56 Å². The third kappa shape index (κ3) is 3.19. The summed E-state index contributed by atoms with van der Waals surface area (Å²) in [4.78, 5) is 16.4. The molecule has 0 bridgehead atoms. The number of aryl methyl sites for hydroxylation is 1. The molecule has 0 aliphatic rings. The minimum Gasteiger partial charge on any atom is -0.378 e. The van der Waals surface area contributed by atoms with Crippen LogP contribution >= 0.6 is 11.6 Å². The van der Waals surface area contributed by atoms with Crippen molar-refractivity contribution in [2.75, 3.05) is 5.32 Å². The van der Waals surface area contributed by atoms with Gasteiger partial charge in [0.15, 0.2) is 5.76 Å². The first-order valence-corrected chi connectivity index (χ1v) is 8.39. The van der Waals surface area contributed by atoms with Gasteiger partial charge in [-0.2, -0.15) is 0 Å². The topological polar surface area (TPSA) is 73.0 Å². The molecule has 4 aromatic rings. The number of rotatable bonds is 4. The lowest BCUT2D eigenvalue weighted by molar-refractivity contribution is 0.390. The van der Waals surface area contributed by atoms with E-state index in [0.29, 0.717) is 28.2 Å². The van der Waals surface area contributed by atoms with E-state index in [9.17, 15) is 4.79 Å². The van der Waals surface area contributed by atoms with Crippen molar-refractivity contribution in [2.24, 2.45) is 7.05 Å². The largest absolute Gasteiger partial charge is 0.378 e. The van der Waals surface area contributed by atoms with Gasteiger partial charge < -0.3 is 14.4 Å². The maximum Gasteiger partial charge on any atom is 0.260 e. The number of nitrogens with one attached hydrogen (secondary N) is 1. The molecule has 130 valence electrons. The Bertz CT molecular complexity index is 1130. The Kier molecular flexibility index (Phi) is 4.18. The van der Waals surface area contributed by atoms with Crippen LogP contribution < -0.4 is 10.9 Å². The molecule has 0 saturated carbocycles. The van der Waals surface area contributed by atoms with Crippen LogP contribution in [0.2, 0.25) is 5.02 Å². The Labute approximate surface area is 154 Å². The molecule has 0 saturated heterocycles. The molecule has 4 rings (SSSR count). The summed E-state index contributed by atoms with van der Waals surface area (Å²) in [7, 11) is 1.68. The van der Waals surface area contributed by atoms with Gasteiger partial charge in [-0.1, -0.05) is 28.9 Å². The van der Waals surface area contributed by atoms with Gasteiger partial charge >= 0.3 is 0 Å². The van der Waals surface area contributed by atoms with Crippen LogP contribution in [-0.4, -0.2) is 14.7 Å². The highest BCUT2D eigenvalue weighted by Crippen LogP contribution is 2.22. The molecule has 2 aromatic carbocycles. The Hall–Kier alpha value is -3.12. The minimum atomic E-state index is -0.0802. The lowest BCUT2D eigenvalue weighted by Crippen LogP contribution is -2.17. The smallest absolute Gasteiger partial charge is 0.260 e. The Morgan fingerprint density at radius 2 is 1.96 bits per heavy atom. The number of nitrogens with zero attached hydrogens (tertiary/aromatic N) is 3. The second-order valence-corrected chi connectivity index (χ2v) is 6.37. The molecule has 0 fully saturated rings. The van der Waals surface area contributed by atoms with Crippen molar-refractivity contribution in [2.45, 2.75) is 6.54 Å². The minimum absolute atomic E-state index is 0.0802. The maximum atomic E-state index is 12.2. The number of fused-ring (bicyclic) bond motifs is 1. The quantitative estimate of drug-likeness (QED) is 0.593. The molecule has 0 aliphatic carbocycles. The van der Waals surface area contributed by atoms with Crippen LogP contribution in [0.5, 0.6) is 0 Å². The van der Waals surface area contributed by atoms with E-state index in [1.807, 2.05) is 42.5 Å². The fourth-order valence-electron chi connectivity index (χ4n) is 2.66. The predicted octanol–water partition coefficient (Wildman–Crippen LogP) is 3.85. The van der Waals surface area contributed by atoms with Crippen molar-refractivity contribution < 1.29 is 4.52 Å². The van der Waals surface area contributed by atoms with Gasteiger partial charge in [-0.3, -0.25) is 4.79 Å². The standard InChI is InChI=1S/C19H15ClN4O2/c1-24-11-22-17-7-6-14(8-16(17)19(24)25)21-10-15-9-18(23-26-15)12-2-4-13(20)5-3-12/h2-9,11,21H,10H2,1H3. The number of hydrogen-bond donors (Lipinski definition) is 1. The zero-order valence-corrected chi connectivity index (χ0v) is 14.7. The SMILES string of the molecule is Cn1cnc2ccc(NCc3cc(-c4ccc(Cl)cc4)no3)cc2c1=O. The zero-order chi connectivity index (χ0) is 18.1. The number of anilines is 1. The summed E-state index contributed by atoms with van der Waals surface area (Å²) >= 11 is 5.90.